The van der Waals surface area contributed by atoms with Gasteiger partial charge in [-0.1, -0.05) is 46.0 Å². The number of carbonyl (C=O) groups excluding carboxylic acids is 1. The topological polar surface area (TPSA) is 32.3 Å². The molecule has 0 spiro atoms. The van der Waals surface area contributed by atoms with E-state index < -0.39 is 0 Å². The highest BCUT2D eigenvalue weighted by molar-refractivity contribution is 5.84. The van der Waals surface area contributed by atoms with Gasteiger partial charge in [0.25, 0.3) is 0 Å². The van der Waals surface area contributed by atoms with Crippen molar-refractivity contribution in [3.8, 4) is 0 Å². The van der Waals surface area contributed by atoms with Crippen molar-refractivity contribution in [3.63, 3.8) is 0 Å². The number of rotatable bonds is 2. The van der Waals surface area contributed by atoms with Crippen molar-refractivity contribution in [1.29, 1.82) is 0 Å². The van der Waals surface area contributed by atoms with E-state index in [1.165, 1.54) is 44.9 Å². The molecule has 1 heterocycles. The molecular formula is C15H28N2O. The Labute approximate surface area is 111 Å². The smallest absolute Gasteiger partial charge is 0.241 e. The summed E-state index contributed by atoms with van der Waals surface area (Å²) in [6, 6.07) is 0.509. The maximum absolute atomic E-state index is 12.5. The second-order valence-corrected chi connectivity index (χ2v) is 6.31. The van der Waals surface area contributed by atoms with Crippen LogP contribution in [0.15, 0.2) is 0 Å². The maximum atomic E-state index is 12.5. The highest BCUT2D eigenvalue weighted by atomic mass is 16.2. The van der Waals surface area contributed by atoms with Crippen LogP contribution in [0.3, 0.4) is 0 Å². The van der Waals surface area contributed by atoms with Crippen LogP contribution in [0.25, 0.3) is 0 Å². The summed E-state index contributed by atoms with van der Waals surface area (Å²) in [5.41, 5.74) is 0. The van der Waals surface area contributed by atoms with E-state index in [0.717, 1.165) is 0 Å². The summed E-state index contributed by atoms with van der Waals surface area (Å²) in [6.07, 6.45) is 9.24. The van der Waals surface area contributed by atoms with Crippen molar-refractivity contribution in [3.05, 3.63) is 0 Å². The molecule has 3 heteroatoms. The fraction of sp³-hybridized carbons (Fsp3) is 0.933. The van der Waals surface area contributed by atoms with Crippen LogP contribution in [0.4, 0.5) is 0 Å². The van der Waals surface area contributed by atoms with Crippen LogP contribution in [0.5, 0.6) is 0 Å². The molecule has 1 amide bonds. The zero-order valence-electron chi connectivity index (χ0n) is 12.1. The predicted molar refractivity (Wildman–Crippen MR) is 74.2 cm³/mol. The maximum Gasteiger partial charge on any atom is 0.241 e. The number of nitrogens with zero attached hydrogens (tertiary/aromatic N) is 1. The lowest BCUT2D eigenvalue weighted by atomic mass is 9.95. The lowest BCUT2D eigenvalue weighted by molar-refractivity contribution is -0.133. The Hall–Kier alpha value is -0.570. The van der Waals surface area contributed by atoms with Gasteiger partial charge in [0.15, 0.2) is 0 Å². The first-order valence-corrected chi connectivity index (χ1v) is 7.69. The Morgan fingerprint density at radius 2 is 1.67 bits per heavy atom. The van der Waals surface area contributed by atoms with Gasteiger partial charge in [0.2, 0.25) is 5.91 Å². The summed E-state index contributed by atoms with van der Waals surface area (Å²) in [4.78, 5) is 14.7. The third-order valence-corrected chi connectivity index (χ3v) is 4.49. The average Bonchev–Trinajstić information content (AvgIpc) is 2.55. The van der Waals surface area contributed by atoms with Crippen LogP contribution in [0.2, 0.25) is 0 Å². The quantitative estimate of drug-likeness (QED) is 0.819. The van der Waals surface area contributed by atoms with E-state index in [4.69, 9.17) is 0 Å². The van der Waals surface area contributed by atoms with E-state index >= 15 is 0 Å². The lowest BCUT2D eigenvalue weighted by Crippen LogP contribution is -2.43. The van der Waals surface area contributed by atoms with Crippen LogP contribution in [-0.2, 0) is 4.79 Å². The van der Waals surface area contributed by atoms with E-state index in [1.54, 1.807) is 0 Å². The highest BCUT2D eigenvalue weighted by Gasteiger charge is 2.41. The van der Waals surface area contributed by atoms with Gasteiger partial charge in [-0.05, 0) is 25.7 Å². The van der Waals surface area contributed by atoms with Crippen molar-refractivity contribution in [2.75, 3.05) is 0 Å². The average molecular weight is 252 g/mol. The molecule has 104 valence electrons. The molecule has 2 atom stereocenters. The molecular weight excluding hydrogens is 224 g/mol. The largest absolute Gasteiger partial charge is 0.323 e. The standard InChI is InChI=1S/C15H28N2O/c1-11(2)14-15(18)17(12(3)16-14)13-9-7-5-4-6-8-10-13/h11-14,16H,4-10H2,1-3H3. The van der Waals surface area contributed by atoms with Crippen LogP contribution in [-0.4, -0.2) is 29.1 Å². The third-order valence-electron chi connectivity index (χ3n) is 4.49. The first-order chi connectivity index (χ1) is 8.61. The van der Waals surface area contributed by atoms with E-state index in [1.807, 2.05) is 0 Å². The molecule has 1 saturated heterocycles. The summed E-state index contributed by atoms with van der Waals surface area (Å²) in [5.74, 6) is 0.724. The molecule has 0 aromatic rings. The molecule has 2 fully saturated rings. The van der Waals surface area contributed by atoms with Crippen molar-refractivity contribution >= 4 is 5.91 Å². The van der Waals surface area contributed by atoms with Gasteiger partial charge in [0.1, 0.15) is 0 Å². The minimum atomic E-state index is 0.0328. The molecule has 1 aliphatic carbocycles. The van der Waals surface area contributed by atoms with Crippen LogP contribution >= 0.6 is 0 Å². The zero-order chi connectivity index (χ0) is 13.1. The Bertz CT molecular complexity index is 282. The van der Waals surface area contributed by atoms with E-state index in [-0.39, 0.29) is 12.2 Å². The van der Waals surface area contributed by atoms with Gasteiger partial charge in [-0.2, -0.15) is 0 Å². The molecule has 2 unspecified atom stereocenters. The number of hydrogen-bond donors (Lipinski definition) is 1. The summed E-state index contributed by atoms with van der Waals surface area (Å²) >= 11 is 0. The SMILES string of the molecule is CC(C)C1NC(C)N(C2CCCCCCC2)C1=O. The number of carbonyl (C=O) groups is 1. The number of amides is 1. The normalized spacial score (nSPS) is 31.8. The van der Waals surface area contributed by atoms with Gasteiger partial charge >= 0.3 is 0 Å². The molecule has 1 saturated carbocycles. The molecule has 1 aliphatic heterocycles. The first-order valence-electron chi connectivity index (χ1n) is 7.69. The Morgan fingerprint density at radius 1 is 1.11 bits per heavy atom. The molecule has 2 rings (SSSR count). The molecule has 2 aliphatic rings. The van der Waals surface area contributed by atoms with E-state index in [2.05, 4.69) is 31.0 Å². The van der Waals surface area contributed by atoms with Crippen LogP contribution < -0.4 is 5.32 Å². The Kier molecular flexibility index (Phi) is 4.66. The fourth-order valence-corrected chi connectivity index (χ4v) is 3.45. The van der Waals surface area contributed by atoms with Gasteiger partial charge in [0, 0.05) is 6.04 Å². The number of nitrogens with one attached hydrogen (secondary N) is 1. The predicted octanol–water partition coefficient (Wildman–Crippen LogP) is 2.90. The van der Waals surface area contributed by atoms with Crippen molar-refractivity contribution in [1.82, 2.24) is 10.2 Å². The van der Waals surface area contributed by atoms with Gasteiger partial charge in [0.05, 0.1) is 12.2 Å². The minimum Gasteiger partial charge on any atom is -0.323 e. The number of hydrogen-bond acceptors (Lipinski definition) is 2. The minimum absolute atomic E-state index is 0.0328. The highest BCUT2D eigenvalue weighted by Crippen LogP contribution is 2.27. The van der Waals surface area contributed by atoms with Crippen molar-refractivity contribution < 1.29 is 4.79 Å². The van der Waals surface area contributed by atoms with E-state index in [0.29, 0.717) is 17.9 Å². The Balaban J connectivity index is 2.04. The van der Waals surface area contributed by atoms with E-state index in [9.17, 15) is 4.79 Å². The van der Waals surface area contributed by atoms with Crippen LogP contribution in [0.1, 0.15) is 65.7 Å². The van der Waals surface area contributed by atoms with Crippen molar-refractivity contribution in [2.45, 2.75) is 84.0 Å². The molecule has 0 bridgehead atoms. The monoisotopic (exact) mass is 252 g/mol. The molecule has 18 heavy (non-hydrogen) atoms. The summed E-state index contributed by atoms with van der Waals surface area (Å²) < 4.78 is 0. The molecule has 0 radical (unpaired) electrons. The van der Waals surface area contributed by atoms with Gasteiger partial charge in [-0.3, -0.25) is 10.1 Å². The van der Waals surface area contributed by atoms with Crippen molar-refractivity contribution in [2.24, 2.45) is 5.92 Å². The second-order valence-electron chi connectivity index (χ2n) is 6.31. The molecule has 3 nitrogen and oxygen atoms in total. The summed E-state index contributed by atoms with van der Waals surface area (Å²) in [6.45, 7) is 6.40. The second kappa shape index (κ2) is 6.05. The summed E-state index contributed by atoms with van der Waals surface area (Å²) in [5, 5.41) is 3.46. The summed E-state index contributed by atoms with van der Waals surface area (Å²) in [7, 11) is 0. The Morgan fingerprint density at radius 3 is 2.17 bits per heavy atom. The lowest BCUT2D eigenvalue weighted by Gasteiger charge is -2.32. The first kappa shape index (κ1) is 13.9. The van der Waals surface area contributed by atoms with Gasteiger partial charge in [-0.15, -0.1) is 0 Å². The molecule has 1 N–H and O–H groups in total. The van der Waals surface area contributed by atoms with Crippen LogP contribution in [0, 0.1) is 5.92 Å². The van der Waals surface area contributed by atoms with Gasteiger partial charge in [-0.25, -0.2) is 0 Å². The molecule has 0 aromatic heterocycles. The zero-order valence-corrected chi connectivity index (χ0v) is 12.1. The fourth-order valence-electron chi connectivity index (χ4n) is 3.45. The third kappa shape index (κ3) is 2.87. The molecule has 0 aromatic carbocycles. The van der Waals surface area contributed by atoms with Gasteiger partial charge < -0.3 is 4.90 Å².